The first-order valence-electron chi connectivity index (χ1n) is 11.0. The number of carbonyl (C=O) groups is 2. The minimum atomic E-state index is -0.417. The van der Waals surface area contributed by atoms with Crippen LogP contribution in [0.1, 0.15) is 33.1 Å². The molecule has 1 aromatic rings. The van der Waals surface area contributed by atoms with Crippen LogP contribution in [0, 0.1) is 27.9 Å². The molecular weight excluding hydrogens is 396 g/mol. The van der Waals surface area contributed by atoms with Gasteiger partial charge < -0.3 is 4.90 Å². The van der Waals surface area contributed by atoms with Gasteiger partial charge in [-0.3, -0.25) is 24.6 Å². The Morgan fingerprint density at radius 3 is 2.45 bits per heavy atom. The molecule has 4 rings (SSSR count). The number of benzene rings is 1. The largest absolute Gasteiger partial charge is 0.363 e. The summed E-state index contributed by atoms with van der Waals surface area (Å²) in [5, 5.41) is 11.9. The summed E-state index contributed by atoms with van der Waals surface area (Å²) in [5.74, 6) is -0.590. The van der Waals surface area contributed by atoms with Gasteiger partial charge in [0.15, 0.2) is 0 Å². The molecule has 1 aromatic carbocycles. The monoisotopic (exact) mass is 426 g/mol. The summed E-state index contributed by atoms with van der Waals surface area (Å²) >= 11 is 0. The van der Waals surface area contributed by atoms with Crippen LogP contribution in [0.5, 0.6) is 0 Å². The number of nitro benzene ring substituents is 1. The lowest BCUT2D eigenvalue weighted by Crippen LogP contribution is -2.47. The SMILES string of the molecule is C=C(C)CN1CCN(c2ccc(N3C(=O)[C@@H]4CC[C@@H](C)C[C@H]4C3=O)cc2[N+](=O)[O-])CC1. The molecule has 31 heavy (non-hydrogen) atoms. The first kappa shape index (κ1) is 21.5. The number of hydrogen-bond donors (Lipinski definition) is 0. The lowest BCUT2D eigenvalue weighted by Gasteiger charge is -2.36. The zero-order valence-electron chi connectivity index (χ0n) is 18.2. The van der Waals surface area contributed by atoms with Crippen molar-refractivity contribution in [3.8, 4) is 0 Å². The van der Waals surface area contributed by atoms with Crippen LogP contribution < -0.4 is 9.80 Å². The molecule has 3 aliphatic rings. The Bertz CT molecular complexity index is 922. The molecule has 1 aliphatic carbocycles. The van der Waals surface area contributed by atoms with E-state index >= 15 is 0 Å². The zero-order valence-corrected chi connectivity index (χ0v) is 18.2. The number of nitro groups is 1. The van der Waals surface area contributed by atoms with Crippen molar-refractivity contribution in [2.24, 2.45) is 17.8 Å². The first-order chi connectivity index (χ1) is 14.8. The third-order valence-corrected chi connectivity index (χ3v) is 6.81. The molecule has 3 atom stereocenters. The molecule has 2 aliphatic heterocycles. The molecular formula is C23H30N4O4. The standard InChI is InChI=1S/C23H30N4O4/c1-15(2)14-24-8-10-25(11-9-24)20-7-5-17(13-21(20)27(30)31)26-22(28)18-6-4-16(3)12-19(18)23(26)29/h5,7,13,16,18-19H,1,4,6,8-12,14H2,2-3H3/t16-,18-,19-/m1/s1. The summed E-state index contributed by atoms with van der Waals surface area (Å²) in [7, 11) is 0. The molecule has 0 unspecified atom stereocenters. The fourth-order valence-corrected chi connectivity index (χ4v) is 5.24. The van der Waals surface area contributed by atoms with E-state index in [2.05, 4.69) is 18.4 Å². The fourth-order valence-electron chi connectivity index (χ4n) is 5.24. The van der Waals surface area contributed by atoms with Crippen LogP contribution in [0.15, 0.2) is 30.4 Å². The molecule has 0 bridgehead atoms. The van der Waals surface area contributed by atoms with E-state index in [4.69, 9.17) is 0 Å². The minimum absolute atomic E-state index is 0.0605. The van der Waals surface area contributed by atoms with E-state index in [0.29, 0.717) is 43.2 Å². The van der Waals surface area contributed by atoms with Crippen molar-refractivity contribution in [2.45, 2.75) is 33.1 Å². The van der Waals surface area contributed by atoms with E-state index in [0.717, 1.165) is 31.6 Å². The predicted molar refractivity (Wildman–Crippen MR) is 119 cm³/mol. The molecule has 0 radical (unpaired) electrons. The Hall–Kier alpha value is -2.74. The average molecular weight is 427 g/mol. The van der Waals surface area contributed by atoms with Crippen molar-refractivity contribution in [1.29, 1.82) is 0 Å². The van der Waals surface area contributed by atoms with Gasteiger partial charge >= 0.3 is 0 Å². The lowest BCUT2D eigenvalue weighted by molar-refractivity contribution is -0.384. The summed E-state index contributed by atoms with van der Waals surface area (Å²) in [6, 6.07) is 4.76. The van der Waals surface area contributed by atoms with Crippen molar-refractivity contribution >= 4 is 28.9 Å². The Morgan fingerprint density at radius 1 is 1.13 bits per heavy atom. The van der Waals surface area contributed by atoms with Crippen molar-refractivity contribution < 1.29 is 14.5 Å². The highest BCUT2D eigenvalue weighted by Gasteiger charge is 2.50. The van der Waals surface area contributed by atoms with Gasteiger partial charge in [0.1, 0.15) is 5.69 Å². The van der Waals surface area contributed by atoms with Crippen LogP contribution in [0.25, 0.3) is 0 Å². The number of nitrogens with zero attached hydrogens (tertiary/aromatic N) is 4. The van der Waals surface area contributed by atoms with Crippen molar-refractivity contribution in [3.05, 3.63) is 40.5 Å². The van der Waals surface area contributed by atoms with Crippen LogP contribution >= 0.6 is 0 Å². The van der Waals surface area contributed by atoms with E-state index in [1.54, 1.807) is 12.1 Å². The number of carbonyl (C=O) groups excluding carboxylic acids is 2. The molecule has 2 saturated heterocycles. The third kappa shape index (κ3) is 4.08. The van der Waals surface area contributed by atoms with Crippen LogP contribution in [0.3, 0.4) is 0 Å². The second-order valence-electron chi connectivity index (χ2n) is 9.29. The molecule has 8 nitrogen and oxygen atoms in total. The molecule has 1 saturated carbocycles. The normalized spacial score (nSPS) is 26.8. The number of rotatable bonds is 5. The molecule has 0 N–H and O–H groups in total. The van der Waals surface area contributed by atoms with Crippen LogP contribution in [0.2, 0.25) is 0 Å². The summed E-state index contributed by atoms with van der Waals surface area (Å²) in [6.45, 7) is 11.8. The highest BCUT2D eigenvalue weighted by molar-refractivity contribution is 6.22. The number of hydrogen-bond acceptors (Lipinski definition) is 6. The number of anilines is 2. The zero-order chi connectivity index (χ0) is 22.3. The smallest absolute Gasteiger partial charge is 0.294 e. The van der Waals surface area contributed by atoms with Gasteiger partial charge in [0.05, 0.1) is 22.4 Å². The second-order valence-corrected chi connectivity index (χ2v) is 9.29. The van der Waals surface area contributed by atoms with Crippen molar-refractivity contribution in [1.82, 2.24) is 4.90 Å². The Balaban J connectivity index is 1.57. The molecule has 0 spiro atoms. The van der Waals surface area contributed by atoms with Gasteiger partial charge in [-0.2, -0.15) is 0 Å². The maximum absolute atomic E-state index is 13.0. The number of imide groups is 1. The molecule has 2 amide bonds. The van der Waals surface area contributed by atoms with Gasteiger partial charge in [-0.25, -0.2) is 4.90 Å². The van der Waals surface area contributed by atoms with Crippen molar-refractivity contribution in [3.63, 3.8) is 0 Å². The van der Waals surface area contributed by atoms with Crippen LogP contribution in [-0.4, -0.2) is 54.4 Å². The maximum Gasteiger partial charge on any atom is 0.294 e. The van der Waals surface area contributed by atoms with Gasteiger partial charge in [0.2, 0.25) is 11.8 Å². The van der Waals surface area contributed by atoms with E-state index in [1.807, 2.05) is 11.8 Å². The first-order valence-corrected chi connectivity index (χ1v) is 11.0. The van der Waals surface area contributed by atoms with E-state index in [1.165, 1.54) is 11.0 Å². The van der Waals surface area contributed by atoms with Gasteiger partial charge in [-0.15, -0.1) is 0 Å². The Kier molecular flexibility index (Phi) is 5.83. The molecule has 3 fully saturated rings. The Labute approximate surface area is 182 Å². The number of amides is 2. The van der Waals surface area contributed by atoms with E-state index in [-0.39, 0.29) is 29.3 Å². The van der Waals surface area contributed by atoms with E-state index < -0.39 is 4.92 Å². The van der Waals surface area contributed by atoms with Gasteiger partial charge in [0, 0.05) is 38.8 Å². The van der Waals surface area contributed by atoms with Crippen LogP contribution in [0.4, 0.5) is 17.1 Å². The van der Waals surface area contributed by atoms with Gasteiger partial charge in [-0.05, 0) is 44.2 Å². The quantitative estimate of drug-likeness (QED) is 0.311. The predicted octanol–water partition coefficient (Wildman–Crippen LogP) is 3.22. The lowest BCUT2D eigenvalue weighted by atomic mass is 9.76. The molecule has 8 heteroatoms. The average Bonchev–Trinajstić information content (AvgIpc) is 2.97. The van der Waals surface area contributed by atoms with Crippen molar-refractivity contribution in [2.75, 3.05) is 42.5 Å². The number of piperazine rings is 1. The third-order valence-electron chi connectivity index (χ3n) is 6.81. The minimum Gasteiger partial charge on any atom is -0.363 e. The molecule has 0 aromatic heterocycles. The Morgan fingerprint density at radius 2 is 1.81 bits per heavy atom. The highest BCUT2D eigenvalue weighted by atomic mass is 16.6. The summed E-state index contributed by atoms with van der Waals surface area (Å²) in [5.41, 5.74) is 1.88. The van der Waals surface area contributed by atoms with E-state index in [9.17, 15) is 19.7 Å². The summed E-state index contributed by atoms with van der Waals surface area (Å²) < 4.78 is 0. The van der Waals surface area contributed by atoms with Crippen LogP contribution in [-0.2, 0) is 9.59 Å². The second kappa shape index (κ2) is 8.42. The summed E-state index contributed by atoms with van der Waals surface area (Å²) in [6.07, 6.45) is 2.35. The maximum atomic E-state index is 13.0. The highest BCUT2D eigenvalue weighted by Crippen LogP contribution is 2.43. The molecule has 166 valence electrons. The van der Waals surface area contributed by atoms with Gasteiger partial charge in [0.25, 0.3) is 5.69 Å². The van der Waals surface area contributed by atoms with Gasteiger partial charge in [-0.1, -0.05) is 19.1 Å². The summed E-state index contributed by atoms with van der Waals surface area (Å²) in [4.78, 5) is 42.9. The number of fused-ring (bicyclic) bond motifs is 1. The molecule has 2 heterocycles. The topological polar surface area (TPSA) is 87.0 Å². The fraction of sp³-hybridized carbons (Fsp3) is 0.565.